The molecule has 0 aliphatic rings. The summed E-state index contributed by atoms with van der Waals surface area (Å²) in [6.45, 7) is 9.01. The van der Waals surface area contributed by atoms with Crippen molar-refractivity contribution in [3.8, 4) is 5.75 Å². The summed E-state index contributed by atoms with van der Waals surface area (Å²) in [6, 6.07) is 10.7. The first kappa shape index (κ1) is 14.1. The monoisotopic (exact) mass is 318 g/mol. The van der Waals surface area contributed by atoms with Gasteiger partial charge in [0, 0.05) is 4.47 Å². The third-order valence-electron chi connectivity index (χ3n) is 3.10. The molecule has 0 N–H and O–H groups in total. The number of benzene rings is 2. The minimum Gasteiger partial charge on any atom is -0.489 e. The Bertz CT molecular complexity index is 559. The molecule has 0 aliphatic heterocycles. The van der Waals surface area contributed by atoms with Gasteiger partial charge in [0.25, 0.3) is 0 Å². The molecule has 2 aromatic carbocycles. The van der Waals surface area contributed by atoms with E-state index in [1.54, 1.807) is 0 Å². The summed E-state index contributed by atoms with van der Waals surface area (Å²) < 4.78 is 7.06. The van der Waals surface area contributed by atoms with Crippen LogP contribution in [0.1, 0.15) is 27.8 Å². The van der Waals surface area contributed by atoms with Crippen molar-refractivity contribution in [1.29, 1.82) is 0 Å². The Labute approximate surface area is 123 Å². The molecule has 0 heterocycles. The third kappa shape index (κ3) is 3.60. The van der Waals surface area contributed by atoms with Crippen LogP contribution in [0.3, 0.4) is 0 Å². The van der Waals surface area contributed by atoms with Crippen molar-refractivity contribution in [3.63, 3.8) is 0 Å². The van der Waals surface area contributed by atoms with Gasteiger partial charge >= 0.3 is 0 Å². The smallest absolute Gasteiger partial charge is 0.120 e. The van der Waals surface area contributed by atoms with Crippen LogP contribution in [0.5, 0.6) is 5.75 Å². The van der Waals surface area contributed by atoms with Gasteiger partial charge in [0.05, 0.1) is 0 Å². The molecule has 1 nitrogen and oxygen atoms in total. The van der Waals surface area contributed by atoms with Crippen molar-refractivity contribution in [2.75, 3.05) is 0 Å². The molecule has 0 aromatic heterocycles. The van der Waals surface area contributed by atoms with Crippen molar-refractivity contribution in [2.24, 2.45) is 0 Å². The van der Waals surface area contributed by atoms with Crippen LogP contribution >= 0.6 is 15.9 Å². The average Bonchev–Trinajstić information content (AvgIpc) is 2.32. The van der Waals surface area contributed by atoms with Gasteiger partial charge in [-0.05, 0) is 56.5 Å². The fraction of sp³-hybridized carbons (Fsp3) is 0.294. The second-order valence-electron chi connectivity index (χ2n) is 5.16. The maximum absolute atomic E-state index is 5.90. The number of hydrogen-bond donors (Lipinski definition) is 0. The lowest BCUT2D eigenvalue weighted by molar-refractivity contribution is 0.305. The maximum Gasteiger partial charge on any atom is 0.120 e. The van der Waals surface area contributed by atoms with Crippen molar-refractivity contribution >= 4 is 15.9 Å². The molecule has 0 bridgehead atoms. The van der Waals surface area contributed by atoms with E-state index in [-0.39, 0.29) is 0 Å². The second-order valence-corrected chi connectivity index (χ2v) is 5.95. The van der Waals surface area contributed by atoms with Gasteiger partial charge in [-0.2, -0.15) is 0 Å². The number of rotatable bonds is 3. The Morgan fingerprint density at radius 1 is 0.842 bits per heavy atom. The molecule has 0 unspecified atom stereocenters. The van der Waals surface area contributed by atoms with Gasteiger partial charge in [-0.15, -0.1) is 0 Å². The molecule has 2 heteroatoms. The van der Waals surface area contributed by atoms with Crippen LogP contribution in [0, 0.1) is 27.7 Å². The van der Waals surface area contributed by atoms with Gasteiger partial charge in [-0.25, -0.2) is 0 Å². The lowest BCUT2D eigenvalue weighted by Gasteiger charge is -2.11. The van der Waals surface area contributed by atoms with Crippen molar-refractivity contribution in [3.05, 3.63) is 62.6 Å². The molecule has 0 atom stereocenters. The quantitative estimate of drug-likeness (QED) is 0.749. The largest absolute Gasteiger partial charge is 0.489 e. The highest BCUT2D eigenvalue weighted by Crippen LogP contribution is 2.26. The summed E-state index contributed by atoms with van der Waals surface area (Å²) in [7, 11) is 0. The predicted molar refractivity (Wildman–Crippen MR) is 83.9 cm³/mol. The van der Waals surface area contributed by atoms with Crippen LogP contribution in [0.15, 0.2) is 34.8 Å². The lowest BCUT2D eigenvalue weighted by Crippen LogP contribution is -1.97. The Morgan fingerprint density at radius 2 is 1.37 bits per heavy atom. The maximum atomic E-state index is 5.90. The van der Waals surface area contributed by atoms with Crippen molar-refractivity contribution < 1.29 is 4.74 Å². The van der Waals surface area contributed by atoms with E-state index >= 15 is 0 Å². The standard InChI is InChI=1S/C17H19BrO/c1-11-5-12(2)7-15(6-11)10-19-16-8-13(3)17(18)14(4)9-16/h5-9H,10H2,1-4H3. The van der Waals surface area contributed by atoms with E-state index in [1.807, 2.05) is 0 Å². The van der Waals surface area contributed by atoms with E-state index in [0.29, 0.717) is 6.61 Å². The molecule has 0 saturated heterocycles. The molecule has 0 spiro atoms. The van der Waals surface area contributed by atoms with Crippen LogP contribution < -0.4 is 4.74 Å². The van der Waals surface area contributed by atoms with Gasteiger partial charge in [-0.3, -0.25) is 0 Å². The number of halogens is 1. The van der Waals surface area contributed by atoms with Gasteiger partial charge in [-0.1, -0.05) is 45.3 Å². The highest BCUT2D eigenvalue weighted by atomic mass is 79.9. The van der Waals surface area contributed by atoms with Gasteiger partial charge in [0.15, 0.2) is 0 Å². The molecular formula is C17H19BrO. The average molecular weight is 319 g/mol. The molecular weight excluding hydrogens is 300 g/mol. The SMILES string of the molecule is Cc1cc(C)cc(COc2cc(C)c(Br)c(C)c2)c1. The molecule has 19 heavy (non-hydrogen) atoms. The molecule has 0 fully saturated rings. The fourth-order valence-corrected chi connectivity index (χ4v) is 2.54. The molecule has 0 saturated carbocycles. The minimum atomic E-state index is 0.614. The first-order valence-corrected chi connectivity index (χ1v) is 7.22. The van der Waals surface area contributed by atoms with E-state index in [9.17, 15) is 0 Å². The Kier molecular flexibility index (Phi) is 4.31. The topological polar surface area (TPSA) is 9.23 Å². The zero-order valence-electron chi connectivity index (χ0n) is 11.9. The Hall–Kier alpha value is -1.28. The first-order valence-electron chi connectivity index (χ1n) is 6.42. The first-order chi connectivity index (χ1) is 8.95. The zero-order chi connectivity index (χ0) is 14.0. The van der Waals surface area contributed by atoms with E-state index in [4.69, 9.17) is 4.74 Å². The molecule has 100 valence electrons. The lowest BCUT2D eigenvalue weighted by atomic mass is 10.1. The summed E-state index contributed by atoms with van der Waals surface area (Å²) in [5.74, 6) is 0.928. The summed E-state index contributed by atoms with van der Waals surface area (Å²) >= 11 is 3.57. The highest BCUT2D eigenvalue weighted by Gasteiger charge is 2.04. The number of aryl methyl sites for hydroxylation is 4. The van der Waals surface area contributed by atoms with Gasteiger partial charge in [0.1, 0.15) is 12.4 Å². The molecule has 0 amide bonds. The summed E-state index contributed by atoms with van der Waals surface area (Å²) in [5.41, 5.74) is 6.19. The van der Waals surface area contributed by atoms with Crippen molar-refractivity contribution in [1.82, 2.24) is 0 Å². The summed E-state index contributed by atoms with van der Waals surface area (Å²) in [6.07, 6.45) is 0. The predicted octanol–water partition coefficient (Wildman–Crippen LogP) is 5.26. The van der Waals surface area contributed by atoms with Crippen LogP contribution in [-0.2, 0) is 6.61 Å². The van der Waals surface area contributed by atoms with Gasteiger partial charge < -0.3 is 4.74 Å². The van der Waals surface area contributed by atoms with Crippen LogP contribution in [0.2, 0.25) is 0 Å². The minimum absolute atomic E-state index is 0.614. The van der Waals surface area contributed by atoms with Crippen LogP contribution in [0.4, 0.5) is 0 Å². The van der Waals surface area contributed by atoms with Crippen LogP contribution in [0.25, 0.3) is 0 Å². The molecule has 0 radical (unpaired) electrons. The molecule has 2 rings (SSSR count). The Balaban J connectivity index is 2.14. The Morgan fingerprint density at radius 3 is 1.89 bits per heavy atom. The van der Waals surface area contributed by atoms with Gasteiger partial charge in [0.2, 0.25) is 0 Å². The van der Waals surface area contributed by atoms with E-state index < -0.39 is 0 Å². The van der Waals surface area contributed by atoms with E-state index in [2.05, 4.69) is 74.0 Å². The van der Waals surface area contributed by atoms with Crippen molar-refractivity contribution in [2.45, 2.75) is 34.3 Å². The van der Waals surface area contributed by atoms with E-state index in [0.717, 1.165) is 10.2 Å². The molecule has 0 aliphatic carbocycles. The number of hydrogen-bond acceptors (Lipinski definition) is 1. The highest BCUT2D eigenvalue weighted by molar-refractivity contribution is 9.10. The number of ether oxygens (including phenoxy) is 1. The fourth-order valence-electron chi connectivity index (χ4n) is 2.31. The summed E-state index contributed by atoms with van der Waals surface area (Å²) in [5, 5.41) is 0. The zero-order valence-corrected chi connectivity index (χ0v) is 13.5. The molecule has 2 aromatic rings. The van der Waals surface area contributed by atoms with E-state index in [1.165, 1.54) is 27.8 Å². The normalized spacial score (nSPS) is 10.6. The van der Waals surface area contributed by atoms with Crippen LogP contribution in [-0.4, -0.2) is 0 Å². The summed E-state index contributed by atoms with van der Waals surface area (Å²) in [4.78, 5) is 0. The second kappa shape index (κ2) is 5.79. The third-order valence-corrected chi connectivity index (χ3v) is 4.35.